The number of rotatable bonds is 6. The van der Waals surface area contributed by atoms with E-state index in [1.165, 1.54) is 5.56 Å². The molecule has 0 radical (unpaired) electrons. The largest absolute Gasteiger partial charge is 0.489 e. The smallest absolute Gasteiger partial charge is 0.124 e. The highest BCUT2D eigenvalue weighted by Gasteiger charge is 2.19. The molecule has 0 unspecified atom stereocenters. The van der Waals surface area contributed by atoms with Crippen molar-refractivity contribution in [3.63, 3.8) is 0 Å². The third-order valence-electron chi connectivity index (χ3n) is 4.37. The van der Waals surface area contributed by atoms with E-state index in [1.807, 2.05) is 36.5 Å². The van der Waals surface area contributed by atoms with Crippen LogP contribution in [-0.2, 0) is 13.2 Å². The van der Waals surface area contributed by atoms with Crippen LogP contribution in [0.4, 0.5) is 0 Å². The van der Waals surface area contributed by atoms with Gasteiger partial charge in [-0.05, 0) is 37.8 Å². The fraction of sp³-hybridized carbons (Fsp3) is 0.421. The minimum absolute atomic E-state index is 0.108. The van der Waals surface area contributed by atoms with Gasteiger partial charge in [0.1, 0.15) is 12.4 Å². The van der Waals surface area contributed by atoms with Crippen LogP contribution in [0.1, 0.15) is 36.8 Å². The van der Waals surface area contributed by atoms with Gasteiger partial charge in [0.25, 0.3) is 0 Å². The zero-order valence-electron chi connectivity index (χ0n) is 13.3. The van der Waals surface area contributed by atoms with Crippen LogP contribution in [0, 0.1) is 0 Å². The molecule has 122 valence electrons. The Morgan fingerprint density at radius 1 is 1.09 bits per heavy atom. The van der Waals surface area contributed by atoms with Gasteiger partial charge in [-0.15, -0.1) is 0 Å². The van der Waals surface area contributed by atoms with Gasteiger partial charge in [0, 0.05) is 36.1 Å². The van der Waals surface area contributed by atoms with E-state index in [1.54, 1.807) is 6.20 Å². The second kappa shape index (κ2) is 8.09. The monoisotopic (exact) mass is 312 g/mol. The maximum Gasteiger partial charge on any atom is 0.124 e. The average molecular weight is 312 g/mol. The van der Waals surface area contributed by atoms with E-state index in [-0.39, 0.29) is 6.10 Å². The zero-order valence-corrected chi connectivity index (χ0v) is 13.3. The molecule has 2 N–H and O–H groups in total. The number of ether oxygens (including phenoxy) is 1. The quantitative estimate of drug-likeness (QED) is 0.861. The minimum atomic E-state index is -0.108. The molecule has 4 nitrogen and oxygen atoms in total. The standard InChI is InChI=1S/C19H24N2O2/c22-18-9-7-17(8-10-18)21-13-16-5-1-2-6-19(16)23-14-15-4-3-11-20-12-15/h1-6,11-12,17-18,21-22H,7-10,13-14H2. The number of para-hydroxylation sites is 1. The van der Waals surface area contributed by atoms with E-state index in [0.29, 0.717) is 12.6 Å². The third kappa shape index (κ3) is 4.78. The molecule has 1 heterocycles. The Hall–Kier alpha value is -1.91. The average Bonchev–Trinajstić information content (AvgIpc) is 2.61. The number of nitrogens with zero attached hydrogens (tertiary/aromatic N) is 1. The third-order valence-corrected chi connectivity index (χ3v) is 4.37. The van der Waals surface area contributed by atoms with Crippen LogP contribution in [0.2, 0.25) is 0 Å². The van der Waals surface area contributed by atoms with Crippen LogP contribution in [0.5, 0.6) is 5.75 Å². The number of aromatic nitrogens is 1. The van der Waals surface area contributed by atoms with Crippen LogP contribution >= 0.6 is 0 Å². The summed E-state index contributed by atoms with van der Waals surface area (Å²) in [6.07, 6.45) is 7.37. The van der Waals surface area contributed by atoms with Crippen molar-refractivity contribution in [1.29, 1.82) is 0 Å². The van der Waals surface area contributed by atoms with Crippen molar-refractivity contribution in [3.05, 3.63) is 59.9 Å². The molecule has 1 aromatic heterocycles. The topological polar surface area (TPSA) is 54.4 Å². The van der Waals surface area contributed by atoms with Gasteiger partial charge < -0.3 is 15.2 Å². The lowest BCUT2D eigenvalue weighted by Gasteiger charge is -2.26. The van der Waals surface area contributed by atoms with Crippen molar-refractivity contribution in [2.75, 3.05) is 0 Å². The highest BCUT2D eigenvalue weighted by Crippen LogP contribution is 2.22. The summed E-state index contributed by atoms with van der Waals surface area (Å²) in [6.45, 7) is 1.32. The van der Waals surface area contributed by atoms with Crippen molar-refractivity contribution in [3.8, 4) is 5.75 Å². The first-order chi connectivity index (χ1) is 11.3. The van der Waals surface area contributed by atoms with E-state index in [0.717, 1.165) is 43.5 Å². The van der Waals surface area contributed by atoms with Crippen molar-refractivity contribution in [1.82, 2.24) is 10.3 Å². The molecular weight excluding hydrogens is 288 g/mol. The predicted octanol–water partition coefficient (Wildman–Crippen LogP) is 3.05. The first-order valence-electron chi connectivity index (χ1n) is 8.32. The summed E-state index contributed by atoms with van der Waals surface area (Å²) in [4.78, 5) is 4.11. The molecule has 4 heteroatoms. The Morgan fingerprint density at radius 2 is 1.91 bits per heavy atom. The number of hydrogen-bond donors (Lipinski definition) is 2. The molecule has 1 fully saturated rings. The molecule has 23 heavy (non-hydrogen) atoms. The molecule has 1 aliphatic carbocycles. The molecule has 0 bridgehead atoms. The van der Waals surface area contributed by atoms with Crippen molar-refractivity contribution in [2.45, 2.75) is 51.0 Å². The normalized spacial score (nSPS) is 21.1. The Morgan fingerprint density at radius 3 is 2.70 bits per heavy atom. The lowest BCUT2D eigenvalue weighted by molar-refractivity contribution is 0.116. The van der Waals surface area contributed by atoms with Crippen molar-refractivity contribution >= 4 is 0 Å². The first kappa shape index (κ1) is 16.0. The van der Waals surface area contributed by atoms with E-state index < -0.39 is 0 Å². The summed E-state index contributed by atoms with van der Waals surface area (Å²) in [5.74, 6) is 0.916. The number of nitrogens with one attached hydrogen (secondary N) is 1. The lowest BCUT2D eigenvalue weighted by atomic mass is 9.93. The number of aliphatic hydroxyl groups is 1. The maximum absolute atomic E-state index is 9.58. The summed E-state index contributed by atoms with van der Waals surface area (Å²) in [5.41, 5.74) is 2.24. The molecule has 3 rings (SSSR count). The van der Waals surface area contributed by atoms with Gasteiger partial charge in [0.05, 0.1) is 6.10 Å². The molecular formula is C19H24N2O2. The highest BCUT2D eigenvalue weighted by atomic mass is 16.5. The molecule has 2 aromatic rings. The SMILES string of the molecule is OC1CCC(NCc2ccccc2OCc2cccnc2)CC1. The Bertz CT molecular complexity index is 595. The fourth-order valence-corrected chi connectivity index (χ4v) is 2.97. The van der Waals surface area contributed by atoms with E-state index in [2.05, 4.69) is 16.4 Å². The molecule has 1 saturated carbocycles. The summed E-state index contributed by atoms with van der Waals surface area (Å²) < 4.78 is 5.96. The van der Waals surface area contributed by atoms with Gasteiger partial charge in [-0.1, -0.05) is 24.3 Å². The number of benzene rings is 1. The summed E-state index contributed by atoms with van der Waals surface area (Å²) in [5, 5.41) is 13.2. The Kier molecular flexibility index (Phi) is 5.61. The lowest BCUT2D eigenvalue weighted by Crippen LogP contribution is -2.34. The van der Waals surface area contributed by atoms with Crippen LogP contribution < -0.4 is 10.1 Å². The van der Waals surface area contributed by atoms with Crippen LogP contribution in [-0.4, -0.2) is 22.2 Å². The second-order valence-electron chi connectivity index (χ2n) is 6.14. The van der Waals surface area contributed by atoms with Gasteiger partial charge in [-0.25, -0.2) is 0 Å². The molecule has 0 spiro atoms. The number of pyridine rings is 1. The van der Waals surface area contributed by atoms with E-state index in [4.69, 9.17) is 4.74 Å². The Labute approximate surface area is 137 Å². The van der Waals surface area contributed by atoms with Crippen LogP contribution in [0.3, 0.4) is 0 Å². The van der Waals surface area contributed by atoms with Gasteiger partial charge >= 0.3 is 0 Å². The van der Waals surface area contributed by atoms with Crippen molar-refractivity contribution < 1.29 is 9.84 Å². The highest BCUT2D eigenvalue weighted by molar-refractivity contribution is 5.33. The molecule has 1 aliphatic rings. The van der Waals surface area contributed by atoms with Gasteiger partial charge in [0.15, 0.2) is 0 Å². The van der Waals surface area contributed by atoms with Gasteiger partial charge in [-0.3, -0.25) is 4.98 Å². The molecule has 0 saturated heterocycles. The maximum atomic E-state index is 9.58. The summed E-state index contributed by atoms with van der Waals surface area (Å²) in [7, 11) is 0. The summed E-state index contributed by atoms with van der Waals surface area (Å²) in [6, 6.07) is 12.6. The first-order valence-corrected chi connectivity index (χ1v) is 8.32. The number of hydrogen-bond acceptors (Lipinski definition) is 4. The summed E-state index contributed by atoms with van der Waals surface area (Å²) >= 11 is 0. The van der Waals surface area contributed by atoms with Gasteiger partial charge in [-0.2, -0.15) is 0 Å². The molecule has 0 atom stereocenters. The molecule has 0 aliphatic heterocycles. The van der Waals surface area contributed by atoms with Gasteiger partial charge in [0.2, 0.25) is 0 Å². The molecule has 0 amide bonds. The zero-order chi connectivity index (χ0) is 15.9. The van der Waals surface area contributed by atoms with E-state index >= 15 is 0 Å². The fourth-order valence-electron chi connectivity index (χ4n) is 2.97. The number of aliphatic hydroxyl groups excluding tert-OH is 1. The predicted molar refractivity (Wildman–Crippen MR) is 90.1 cm³/mol. The molecule has 1 aromatic carbocycles. The minimum Gasteiger partial charge on any atom is -0.489 e. The van der Waals surface area contributed by atoms with Crippen molar-refractivity contribution in [2.24, 2.45) is 0 Å². The second-order valence-corrected chi connectivity index (χ2v) is 6.14. The van der Waals surface area contributed by atoms with Crippen LogP contribution in [0.15, 0.2) is 48.8 Å². The Balaban J connectivity index is 1.55. The van der Waals surface area contributed by atoms with Crippen LogP contribution in [0.25, 0.3) is 0 Å². The van der Waals surface area contributed by atoms with E-state index in [9.17, 15) is 5.11 Å².